The molecule has 3 N–H and O–H groups in total. The van der Waals surface area contributed by atoms with Gasteiger partial charge in [-0.1, -0.05) is 30.6 Å². The molecule has 154 valence electrons. The highest BCUT2D eigenvalue weighted by molar-refractivity contribution is 14.0. The molecule has 1 amide bonds. The summed E-state index contributed by atoms with van der Waals surface area (Å²) in [5.74, 6) is 1.41. The standard InChI is InChI=1S/C19H26ClN5O2.HI/c1-4-16-15(17(5-2)27-25-16)12-24-19(21-3)23-11-10-22-18(26)13-6-8-14(20)9-7-13;/h6-9H,4-5,10-12H2,1-3H3,(H,22,26)(H2,21,23,24);1H. The van der Waals surface area contributed by atoms with Gasteiger partial charge in [0.25, 0.3) is 5.91 Å². The molecule has 0 saturated heterocycles. The summed E-state index contributed by atoms with van der Waals surface area (Å²) in [5, 5.41) is 14.0. The Balaban J connectivity index is 0.00000392. The molecule has 0 aliphatic carbocycles. The van der Waals surface area contributed by atoms with Crippen molar-refractivity contribution in [1.82, 2.24) is 21.1 Å². The van der Waals surface area contributed by atoms with Crippen molar-refractivity contribution < 1.29 is 9.32 Å². The Labute approximate surface area is 187 Å². The van der Waals surface area contributed by atoms with E-state index in [2.05, 4.69) is 33.0 Å². The molecule has 0 spiro atoms. The number of carbonyl (C=O) groups is 1. The first-order valence-electron chi connectivity index (χ1n) is 9.03. The van der Waals surface area contributed by atoms with E-state index in [4.69, 9.17) is 16.1 Å². The fraction of sp³-hybridized carbons (Fsp3) is 0.421. The molecule has 9 heteroatoms. The van der Waals surface area contributed by atoms with E-state index in [1.165, 1.54) is 0 Å². The van der Waals surface area contributed by atoms with Crippen LogP contribution in [0.4, 0.5) is 0 Å². The first-order valence-corrected chi connectivity index (χ1v) is 9.41. The lowest BCUT2D eigenvalue weighted by Gasteiger charge is -2.12. The minimum atomic E-state index is -0.138. The van der Waals surface area contributed by atoms with Crippen molar-refractivity contribution in [2.24, 2.45) is 4.99 Å². The summed E-state index contributed by atoms with van der Waals surface area (Å²) >= 11 is 5.83. The maximum atomic E-state index is 12.0. The number of amides is 1. The van der Waals surface area contributed by atoms with Crippen LogP contribution >= 0.6 is 35.6 Å². The normalized spacial score (nSPS) is 10.9. The largest absolute Gasteiger partial charge is 0.361 e. The average molecular weight is 520 g/mol. The zero-order valence-corrected chi connectivity index (χ0v) is 19.4. The van der Waals surface area contributed by atoms with E-state index >= 15 is 0 Å². The van der Waals surface area contributed by atoms with E-state index in [-0.39, 0.29) is 29.9 Å². The summed E-state index contributed by atoms with van der Waals surface area (Å²) in [4.78, 5) is 16.2. The van der Waals surface area contributed by atoms with Gasteiger partial charge in [-0.2, -0.15) is 0 Å². The van der Waals surface area contributed by atoms with Crippen LogP contribution < -0.4 is 16.0 Å². The second kappa shape index (κ2) is 12.6. The van der Waals surface area contributed by atoms with Crippen LogP contribution in [0, 0.1) is 0 Å². The molecule has 1 aromatic carbocycles. The third-order valence-electron chi connectivity index (χ3n) is 4.07. The summed E-state index contributed by atoms with van der Waals surface area (Å²) in [7, 11) is 1.71. The maximum absolute atomic E-state index is 12.0. The molecule has 1 heterocycles. The van der Waals surface area contributed by atoms with Crippen molar-refractivity contribution in [2.45, 2.75) is 33.2 Å². The summed E-state index contributed by atoms with van der Waals surface area (Å²) in [6.07, 6.45) is 1.62. The molecule has 0 saturated carbocycles. The molecule has 0 aliphatic heterocycles. The van der Waals surface area contributed by atoms with Crippen LogP contribution in [0.15, 0.2) is 33.8 Å². The Hall–Kier alpha value is -1.81. The number of benzene rings is 1. The van der Waals surface area contributed by atoms with Gasteiger partial charge < -0.3 is 20.5 Å². The van der Waals surface area contributed by atoms with E-state index in [1.54, 1.807) is 31.3 Å². The zero-order valence-electron chi connectivity index (χ0n) is 16.3. The van der Waals surface area contributed by atoms with Crippen LogP contribution in [-0.4, -0.2) is 37.2 Å². The summed E-state index contributed by atoms with van der Waals surface area (Å²) < 4.78 is 5.37. The lowest BCUT2D eigenvalue weighted by molar-refractivity contribution is 0.0954. The number of rotatable bonds is 8. The summed E-state index contributed by atoms with van der Waals surface area (Å²) in [6.45, 7) is 5.70. The fourth-order valence-corrected chi connectivity index (χ4v) is 2.72. The number of carbonyl (C=O) groups excluding carboxylic acids is 1. The van der Waals surface area contributed by atoms with Crippen molar-refractivity contribution in [3.8, 4) is 0 Å². The monoisotopic (exact) mass is 519 g/mol. The van der Waals surface area contributed by atoms with Crippen LogP contribution in [0.1, 0.15) is 41.2 Å². The Bertz CT molecular complexity index is 756. The van der Waals surface area contributed by atoms with Crippen molar-refractivity contribution in [3.63, 3.8) is 0 Å². The molecule has 28 heavy (non-hydrogen) atoms. The molecule has 0 bridgehead atoms. The Morgan fingerprint density at radius 2 is 1.79 bits per heavy atom. The van der Waals surface area contributed by atoms with Gasteiger partial charge in [-0.3, -0.25) is 9.79 Å². The van der Waals surface area contributed by atoms with E-state index < -0.39 is 0 Å². The van der Waals surface area contributed by atoms with Gasteiger partial charge in [0, 0.05) is 49.3 Å². The Morgan fingerprint density at radius 3 is 2.39 bits per heavy atom. The lowest BCUT2D eigenvalue weighted by Crippen LogP contribution is -2.41. The van der Waals surface area contributed by atoms with Gasteiger partial charge in [-0.25, -0.2) is 0 Å². The van der Waals surface area contributed by atoms with Crippen LogP contribution in [0.3, 0.4) is 0 Å². The first kappa shape index (κ1) is 24.2. The molecule has 0 radical (unpaired) electrons. The number of hydrogen-bond acceptors (Lipinski definition) is 4. The maximum Gasteiger partial charge on any atom is 0.251 e. The van der Waals surface area contributed by atoms with Crippen molar-refractivity contribution in [1.29, 1.82) is 0 Å². The molecule has 0 unspecified atom stereocenters. The highest BCUT2D eigenvalue weighted by Crippen LogP contribution is 2.15. The van der Waals surface area contributed by atoms with Crippen LogP contribution in [-0.2, 0) is 19.4 Å². The van der Waals surface area contributed by atoms with Crippen molar-refractivity contribution in [2.75, 3.05) is 20.1 Å². The number of aliphatic imine (C=N–C) groups is 1. The minimum absolute atomic E-state index is 0. The van der Waals surface area contributed by atoms with Crippen LogP contribution in [0.25, 0.3) is 0 Å². The van der Waals surface area contributed by atoms with Gasteiger partial charge in [0.1, 0.15) is 5.76 Å². The second-order valence-electron chi connectivity index (χ2n) is 5.85. The van der Waals surface area contributed by atoms with E-state index in [9.17, 15) is 4.79 Å². The number of nitrogens with one attached hydrogen (secondary N) is 3. The van der Waals surface area contributed by atoms with E-state index in [0.29, 0.717) is 36.2 Å². The number of aromatic nitrogens is 1. The first-order chi connectivity index (χ1) is 13.1. The number of hydrogen-bond donors (Lipinski definition) is 3. The number of guanidine groups is 1. The average Bonchev–Trinajstić information content (AvgIpc) is 3.09. The number of halogens is 2. The number of aryl methyl sites for hydroxylation is 2. The molecule has 2 aromatic rings. The molecule has 0 aliphatic rings. The van der Waals surface area contributed by atoms with Gasteiger partial charge in [-0.15, -0.1) is 24.0 Å². The Morgan fingerprint density at radius 1 is 1.11 bits per heavy atom. The summed E-state index contributed by atoms with van der Waals surface area (Å²) in [5.41, 5.74) is 2.62. The zero-order chi connectivity index (χ0) is 19.6. The van der Waals surface area contributed by atoms with Gasteiger partial charge in [0.15, 0.2) is 5.96 Å². The molecular weight excluding hydrogens is 493 g/mol. The molecule has 1 aromatic heterocycles. The molecule has 2 rings (SSSR count). The van der Waals surface area contributed by atoms with Gasteiger partial charge in [0.2, 0.25) is 0 Å². The third-order valence-corrected chi connectivity index (χ3v) is 4.32. The van der Waals surface area contributed by atoms with Gasteiger partial charge in [-0.05, 0) is 30.7 Å². The smallest absolute Gasteiger partial charge is 0.251 e. The highest BCUT2D eigenvalue weighted by Gasteiger charge is 2.13. The lowest BCUT2D eigenvalue weighted by atomic mass is 10.1. The fourth-order valence-electron chi connectivity index (χ4n) is 2.59. The quantitative estimate of drug-likeness (QED) is 0.216. The van der Waals surface area contributed by atoms with Crippen molar-refractivity contribution >= 4 is 47.4 Å². The van der Waals surface area contributed by atoms with E-state index in [0.717, 1.165) is 29.9 Å². The molecule has 7 nitrogen and oxygen atoms in total. The predicted molar refractivity (Wildman–Crippen MR) is 123 cm³/mol. The summed E-state index contributed by atoms with van der Waals surface area (Å²) in [6, 6.07) is 6.78. The molecule has 0 fully saturated rings. The highest BCUT2D eigenvalue weighted by atomic mass is 127. The van der Waals surface area contributed by atoms with E-state index in [1.807, 2.05) is 6.92 Å². The third kappa shape index (κ3) is 6.97. The minimum Gasteiger partial charge on any atom is -0.361 e. The van der Waals surface area contributed by atoms with Crippen molar-refractivity contribution in [3.05, 3.63) is 51.9 Å². The second-order valence-corrected chi connectivity index (χ2v) is 6.29. The van der Waals surface area contributed by atoms with Crippen LogP contribution in [0.2, 0.25) is 5.02 Å². The molecule has 0 atom stereocenters. The van der Waals surface area contributed by atoms with Crippen LogP contribution in [0.5, 0.6) is 0 Å². The Kier molecular flexibility index (Phi) is 10.9. The predicted octanol–water partition coefficient (Wildman–Crippen LogP) is 3.17. The van der Waals surface area contributed by atoms with Gasteiger partial charge in [0.05, 0.1) is 5.69 Å². The topological polar surface area (TPSA) is 91.6 Å². The SMILES string of the molecule is CCc1noc(CC)c1CNC(=NC)NCCNC(=O)c1ccc(Cl)cc1.I. The number of nitrogens with zero attached hydrogens (tertiary/aromatic N) is 2. The van der Waals surface area contributed by atoms with Gasteiger partial charge >= 0.3 is 0 Å². The molecular formula is C19H27ClIN5O2.